The highest BCUT2D eigenvalue weighted by molar-refractivity contribution is 5.94. The second-order valence-electron chi connectivity index (χ2n) is 9.84. The van der Waals surface area contributed by atoms with Crippen LogP contribution in [0.3, 0.4) is 0 Å². The summed E-state index contributed by atoms with van der Waals surface area (Å²) < 4.78 is 2.32. The number of amides is 1. The van der Waals surface area contributed by atoms with Gasteiger partial charge in [0.2, 0.25) is 5.91 Å². The standard InChI is InChI=1S/C28H37N5O/c1-2-33-26-14-13-24(29-28(34)23-11-7-4-8-12-23)19-25(26)30-27(33)21-32-17-15-31(16-18-32)20-22-9-5-3-6-10-22/h3,5-6,9-10,13-14,19,23H,2,4,7-8,11-12,15-18,20-21H2,1H3,(H,29,34). The van der Waals surface area contributed by atoms with Crippen molar-refractivity contribution >= 4 is 22.6 Å². The van der Waals surface area contributed by atoms with Crippen LogP contribution in [0.1, 0.15) is 50.4 Å². The van der Waals surface area contributed by atoms with Gasteiger partial charge in [0, 0.05) is 50.9 Å². The highest BCUT2D eigenvalue weighted by atomic mass is 16.1. The molecule has 5 rings (SSSR count). The largest absolute Gasteiger partial charge is 0.327 e. The van der Waals surface area contributed by atoms with Crippen LogP contribution in [0.15, 0.2) is 48.5 Å². The van der Waals surface area contributed by atoms with Crippen molar-refractivity contribution in [1.82, 2.24) is 19.4 Å². The first kappa shape index (κ1) is 23.1. The lowest BCUT2D eigenvalue weighted by Gasteiger charge is -2.34. The summed E-state index contributed by atoms with van der Waals surface area (Å²) in [6.07, 6.45) is 5.63. The van der Waals surface area contributed by atoms with Crippen LogP contribution in [0.25, 0.3) is 11.0 Å². The Hall–Kier alpha value is -2.70. The summed E-state index contributed by atoms with van der Waals surface area (Å²) in [5, 5.41) is 3.15. The summed E-state index contributed by atoms with van der Waals surface area (Å²) in [7, 11) is 0. The molecule has 1 saturated heterocycles. The number of anilines is 1. The second kappa shape index (κ2) is 10.7. The fourth-order valence-corrected chi connectivity index (χ4v) is 5.49. The van der Waals surface area contributed by atoms with Gasteiger partial charge in [-0.2, -0.15) is 0 Å². The lowest BCUT2D eigenvalue weighted by molar-refractivity contribution is -0.120. The van der Waals surface area contributed by atoms with Gasteiger partial charge in [-0.1, -0.05) is 49.6 Å². The number of benzene rings is 2. The zero-order valence-electron chi connectivity index (χ0n) is 20.4. The van der Waals surface area contributed by atoms with Crippen molar-refractivity contribution in [2.45, 2.75) is 58.7 Å². The second-order valence-corrected chi connectivity index (χ2v) is 9.84. The summed E-state index contributed by atoms with van der Waals surface area (Å²) >= 11 is 0. The Morgan fingerprint density at radius 3 is 2.35 bits per heavy atom. The minimum absolute atomic E-state index is 0.161. The molecule has 1 aromatic heterocycles. The van der Waals surface area contributed by atoms with Gasteiger partial charge in [0.25, 0.3) is 0 Å². The van der Waals surface area contributed by atoms with Gasteiger partial charge in [0.15, 0.2) is 0 Å². The number of nitrogens with one attached hydrogen (secondary N) is 1. The van der Waals surface area contributed by atoms with Crippen molar-refractivity contribution in [2.75, 3.05) is 31.5 Å². The number of piperazine rings is 1. The zero-order valence-corrected chi connectivity index (χ0v) is 20.4. The lowest BCUT2D eigenvalue weighted by Crippen LogP contribution is -2.45. The molecule has 1 amide bonds. The van der Waals surface area contributed by atoms with E-state index in [0.29, 0.717) is 0 Å². The number of carbonyl (C=O) groups excluding carboxylic acids is 1. The van der Waals surface area contributed by atoms with Gasteiger partial charge in [-0.15, -0.1) is 0 Å². The topological polar surface area (TPSA) is 53.4 Å². The van der Waals surface area contributed by atoms with Crippen molar-refractivity contribution in [3.63, 3.8) is 0 Å². The molecule has 1 aliphatic heterocycles. The monoisotopic (exact) mass is 459 g/mol. The zero-order chi connectivity index (χ0) is 23.3. The van der Waals surface area contributed by atoms with Gasteiger partial charge in [-0.3, -0.25) is 14.6 Å². The molecular formula is C28H37N5O. The van der Waals surface area contributed by atoms with E-state index in [2.05, 4.69) is 63.0 Å². The molecule has 2 aromatic carbocycles. The van der Waals surface area contributed by atoms with Crippen molar-refractivity contribution in [3.8, 4) is 0 Å². The first-order valence-electron chi connectivity index (χ1n) is 13.0. The van der Waals surface area contributed by atoms with Gasteiger partial charge < -0.3 is 9.88 Å². The Morgan fingerprint density at radius 1 is 0.941 bits per heavy atom. The molecule has 180 valence electrons. The molecule has 3 aromatic rings. The molecule has 6 heteroatoms. The maximum absolute atomic E-state index is 12.7. The fraction of sp³-hybridized carbons (Fsp3) is 0.500. The number of carbonyl (C=O) groups is 1. The summed E-state index contributed by atoms with van der Waals surface area (Å²) in [5.74, 6) is 1.45. The lowest BCUT2D eigenvalue weighted by atomic mass is 9.88. The highest BCUT2D eigenvalue weighted by Gasteiger charge is 2.22. The van der Waals surface area contributed by atoms with Gasteiger partial charge in [-0.25, -0.2) is 4.98 Å². The van der Waals surface area contributed by atoms with Crippen LogP contribution in [0.2, 0.25) is 0 Å². The normalized spacial score (nSPS) is 18.4. The van der Waals surface area contributed by atoms with Crippen LogP contribution in [-0.4, -0.2) is 51.4 Å². The van der Waals surface area contributed by atoms with E-state index < -0.39 is 0 Å². The van der Waals surface area contributed by atoms with Crippen LogP contribution < -0.4 is 5.32 Å². The van der Waals surface area contributed by atoms with Gasteiger partial charge in [-0.05, 0) is 43.5 Å². The maximum Gasteiger partial charge on any atom is 0.227 e. The molecule has 0 spiro atoms. The Labute approximate surface area is 203 Å². The summed E-state index contributed by atoms with van der Waals surface area (Å²) in [4.78, 5) is 22.7. The number of rotatable bonds is 7. The molecule has 2 aliphatic rings. The summed E-state index contributed by atoms with van der Waals surface area (Å²) in [5.41, 5.74) is 4.37. The Bertz CT molecular complexity index is 1090. The third-order valence-corrected chi connectivity index (χ3v) is 7.47. The van der Waals surface area contributed by atoms with E-state index in [-0.39, 0.29) is 11.8 Å². The molecule has 2 fully saturated rings. The molecule has 2 heterocycles. The van der Waals surface area contributed by atoms with Crippen molar-refractivity contribution < 1.29 is 4.79 Å². The number of fused-ring (bicyclic) bond motifs is 1. The van der Waals surface area contributed by atoms with E-state index in [1.165, 1.54) is 24.8 Å². The Morgan fingerprint density at radius 2 is 1.65 bits per heavy atom. The average Bonchev–Trinajstić information content (AvgIpc) is 3.22. The van der Waals surface area contributed by atoms with Crippen LogP contribution in [0.5, 0.6) is 0 Å². The van der Waals surface area contributed by atoms with E-state index in [9.17, 15) is 4.79 Å². The van der Waals surface area contributed by atoms with Gasteiger partial charge in [0.1, 0.15) is 5.82 Å². The first-order valence-corrected chi connectivity index (χ1v) is 13.0. The number of nitrogens with zero attached hydrogens (tertiary/aromatic N) is 4. The molecule has 34 heavy (non-hydrogen) atoms. The van der Waals surface area contributed by atoms with E-state index in [1.807, 2.05) is 12.1 Å². The van der Waals surface area contributed by atoms with E-state index in [0.717, 1.165) is 81.2 Å². The molecule has 0 bridgehead atoms. The Balaban J connectivity index is 1.22. The van der Waals surface area contributed by atoms with Gasteiger partial charge in [0.05, 0.1) is 17.6 Å². The van der Waals surface area contributed by atoms with Crippen molar-refractivity contribution in [1.29, 1.82) is 0 Å². The van der Waals surface area contributed by atoms with E-state index >= 15 is 0 Å². The minimum atomic E-state index is 0.161. The van der Waals surface area contributed by atoms with Crippen LogP contribution in [0.4, 0.5) is 5.69 Å². The minimum Gasteiger partial charge on any atom is -0.327 e. The molecule has 1 saturated carbocycles. The highest BCUT2D eigenvalue weighted by Crippen LogP contribution is 2.26. The summed E-state index contributed by atoms with van der Waals surface area (Å²) in [6, 6.07) is 16.9. The Kier molecular flexibility index (Phi) is 7.26. The molecule has 0 atom stereocenters. The quantitative estimate of drug-likeness (QED) is 0.546. The predicted molar refractivity (Wildman–Crippen MR) is 138 cm³/mol. The molecule has 1 N–H and O–H groups in total. The summed E-state index contributed by atoms with van der Waals surface area (Å²) in [6.45, 7) is 9.25. The average molecular weight is 460 g/mol. The first-order chi connectivity index (χ1) is 16.7. The van der Waals surface area contributed by atoms with Crippen LogP contribution in [-0.2, 0) is 24.4 Å². The number of hydrogen-bond acceptors (Lipinski definition) is 4. The van der Waals surface area contributed by atoms with Gasteiger partial charge >= 0.3 is 0 Å². The third-order valence-electron chi connectivity index (χ3n) is 7.47. The molecule has 1 aliphatic carbocycles. The van der Waals surface area contributed by atoms with E-state index in [1.54, 1.807) is 0 Å². The molecule has 6 nitrogen and oxygen atoms in total. The SMILES string of the molecule is CCn1c(CN2CCN(Cc3ccccc3)CC2)nc2cc(NC(=O)C3CCCCC3)ccc21. The predicted octanol–water partition coefficient (Wildman–Crippen LogP) is 4.89. The maximum atomic E-state index is 12.7. The molecule has 0 radical (unpaired) electrons. The third kappa shape index (κ3) is 5.34. The number of aryl methyl sites for hydroxylation is 1. The molecular weight excluding hydrogens is 422 g/mol. The number of hydrogen-bond donors (Lipinski definition) is 1. The fourth-order valence-electron chi connectivity index (χ4n) is 5.49. The van der Waals surface area contributed by atoms with Crippen LogP contribution in [0, 0.1) is 5.92 Å². The molecule has 0 unspecified atom stereocenters. The van der Waals surface area contributed by atoms with E-state index in [4.69, 9.17) is 4.98 Å². The number of aromatic nitrogens is 2. The smallest absolute Gasteiger partial charge is 0.227 e. The van der Waals surface area contributed by atoms with Crippen molar-refractivity contribution in [3.05, 3.63) is 59.9 Å². The number of imidazole rings is 1. The van der Waals surface area contributed by atoms with Crippen molar-refractivity contribution in [2.24, 2.45) is 5.92 Å². The van der Waals surface area contributed by atoms with Crippen LogP contribution >= 0.6 is 0 Å².